The topological polar surface area (TPSA) is 72.3 Å². The summed E-state index contributed by atoms with van der Waals surface area (Å²) in [6.45, 7) is 4.00. The van der Waals surface area contributed by atoms with Crippen molar-refractivity contribution in [3.63, 3.8) is 0 Å². The minimum atomic E-state index is -3.81. The Morgan fingerprint density at radius 3 is 2.45 bits per heavy atom. The zero-order valence-corrected chi connectivity index (χ0v) is 19.5. The van der Waals surface area contributed by atoms with Gasteiger partial charge in [-0.25, -0.2) is 13.1 Å². The molecule has 0 unspecified atom stereocenters. The van der Waals surface area contributed by atoms with E-state index in [0.29, 0.717) is 30.1 Å². The normalized spacial score (nSPS) is 17.2. The average molecular weight is 476 g/mol. The van der Waals surface area contributed by atoms with Crippen molar-refractivity contribution in [3.05, 3.63) is 71.0 Å². The molecule has 1 aromatic heterocycles. The van der Waals surface area contributed by atoms with Gasteiger partial charge in [-0.3, -0.25) is 4.79 Å². The molecule has 2 aromatic carbocycles. The largest absolute Gasteiger partial charge is 0.271 e. The minimum Gasteiger partial charge on any atom is -0.271 e. The van der Waals surface area contributed by atoms with Gasteiger partial charge in [0.2, 0.25) is 10.0 Å². The summed E-state index contributed by atoms with van der Waals surface area (Å²) in [5.74, 6) is -0.324. The molecule has 0 amide bonds. The van der Waals surface area contributed by atoms with Gasteiger partial charge < -0.3 is 0 Å². The van der Waals surface area contributed by atoms with E-state index in [1.165, 1.54) is 33.3 Å². The molecule has 1 atom stereocenters. The van der Waals surface area contributed by atoms with E-state index < -0.39 is 16.1 Å². The van der Waals surface area contributed by atoms with Crippen LogP contribution in [0.5, 0.6) is 0 Å². The zero-order valence-electron chi connectivity index (χ0n) is 17.2. The Hall–Kier alpha value is -2.13. The lowest BCUT2D eigenvalue weighted by Crippen LogP contribution is -2.43. The van der Waals surface area contributed by atoms with Crippen LogP contribution >= 0.6 is 23.4 Å². The van der Waals surface area contributed by atoms with Crippen molar-refractivity contribution in [1.82, 2.24) is 14.1 Å². The van der Waals surface area contributed by atoms with Crippen LogP contribution in [0.15, 0.2) is 69.3 Å². The lowest BCUT2D eigenvalue weighted by atomic mass is 10.2. The van der Waals surface area contributed by atoms with E-state index in [4.69, 9.17) is 11.6 Å². The molecule has 9 heteroatoms. The number of hydrogen-bond acceptors (Lipinski definition) is 5. The Morgan fingerprint density at radius 2 is 1.77 bits per heavy atom. The highest BCUT2D eigenvalue weighted by atomic mass is 35.5. The zero-order chi connectivity index (χ0) is 22.2. The van der Waals surface area contributed by atoms with Crippen LogP contribution in [0.3, 0.4) is 0 Å². The molecule has 31 heavy (non-hydrogen) atoms. The van der Waals surface area contributed by atoms with Crippen LogP contribution in [0.4, 0.5) is 0 Å². The summed E-state index contributed by atoms with van der Waals surface area (Å²) in [5.41, 5.74) is 1.46. The van der Waals surface area contributed by atoms with Gasteiger partial charge in [-0.2, -0.15) is 9.40 Å². The van der Waals surface area contributed by atoms with E-state index in [9.17, 15) is 13.2 Å². The molecule has 6 nitrogen and oxygen atoms in total. The predicted molar refractivity (Wildman–Crippen MR) is 121 cm³/mol. The summed E-state index contributed by atoms with van der Waals surface area (Å²) in [5, 5.41) is 4.92. The van der Waals surface area contributed by atoms with E-state index in [1.54, 1.807) is 11.8 Å². The standard InChI is InChI=1S/C22H22ClN3O3S2/c1-15-21(30-18-7-4-3-5-8-18)16(2)26(24-15)22(27)20-9-6-14-25(20)31(28,29)19-12-10-17(23)11-13-19/h3-5,7-8,10-13,20H,6,9,14H2,1-2H3/t20-/m0/s1. The Bertz CT molecular complexity index is 1210. The molecular formula is C22H22ClN3O3S2. The number of sulfonamides is 1. The molecule has 3 aromatic rings. The van der Waals surface area contributed by atoms with Gasteiger partial charge in [-0.1, -0.05) is 41.6 Å². The van der Waals surface area contributed by atoms with Gasteiger partial charge in [-0.05, 0) is 63.1 Å². The number of halogens is 1. The molecule has 162 valence electrons. The first-order chi connectivity index (χ1) is 14.8. The lowest BCUT2D eigenvalue weighted by molar-refractivity contribution is 0.0813. The SMILES string of the molecule is Cc1nn(C(=O)[C@@H]2CCCN2S(=O)(=O)c2ccc(Cl)cc2)c(C)c1Sc1ccccc1. The maximum Gasteiger partial charge on any atom is 0.265 e. The molecule has 0 spiro atoms. The summed E-state index contributed by atoms with van der Waals surface area (Å²) < 4.78 is 29.0. The van der Waals surface area contributed by atoms with Crippen LogP contribution in [-0.2, 0) is 10.0 Å². The van der Waals surface area contributed by atoms with E-state index in [0.717, 1.165) is 15.5 Å². The van der Waals surface area contributed by atoms with Crippen molar-refractivity contribution in [2.45, 2.75) is 47.4 Å². The third-order valence-electron chi connectivity index (χ3n) is 5.31. The monoisotopic (exact) mass is 475 g/mol. The fraction of sp³-hybridized carbons (Fsp3) is 0.273. The molecule has 0 N–H and O–H groups in total. The molecule has 4 rings (SSSR count). The molecule has 0 aliphatic carbocycles. The quantitative estimate of drug-likeness (QED) is 0.530. The van der Waals surface area contributed by atoms with Crippen LogP contribution in [-0.4, -0.2) is 41.0 Å². The molecule has 2 heterocycles. The van der Waals surface area contributed by atoms with Crippen molar-refractivity contribution in [2.75, 3.05) is 6.54 Å². The van der Waals surface area contributed by atoms with Crippen LogP contribution in [0.2, 0.25) is 5.02 Å². The fourth-order valence-corrected chi connectivity index (χ4v) is 6.48. The first kappa shape index (κ1) is 22.1. The first-order valence-electron chi connectivity index (χ1n) is 9.90. The van der Waals surface area contributed by atoms with Crippen LogP contribution in [0, 0.1) is 13.8 Å². The molecule has 0 saturated carbocycles. The summed E-state index contributed by atoms with van der Waals surface area (Å²) >= 11 is 7.44. The Morgan fingerprint density at radius 1 is 1.10 bits per heavy atom. The minimum absolute atomic E-state index is 0.130. The van der Waals surface area contributed by atoms with Crippen molar-refractivity contribution in [3.8, 4) is 0 Å². The van der Waals surface area contributed by atoms with E-state index in [2.05, 4.69) is 5.10 Å². The second-order valence-corrected chi connectivity index (χ2v) is 10.8. The van der Waals surface area contributed by atoms with E-state index in [1.807, 2.05) is 44.2 Å². The summed E-state index contributed by atoms with van der Waals surface area (Å²) in [6.07, 6.45) is 1.08. The molecule has 1 aliphatic heterocycles. The van der Waals surface area contributed by atoms with E-state index in [-0.39, 0.29) is 10.8 Å². The molecule has 1 saturated heterocycles. The van der Waals surface area contributed by atoms with Gasteiger partial charge in [0.25, 0.3) is 5.91 Å². The number of aryl methyl sites for hydroxylation is 1. The molecule has 1 fully saturated rings. The van der Waals surface area contributed by atoms with Crippen LogP contribution in [0.25, 0.3) is 0 Å². The van der Waals surface area contributed by atoms with Gasteiger partial charge in [0.05, 0.1) is 21.2 Å². The lowest BCUT2D eigenvalue weighted by Gasteiger charge is -2.23. The average Bonchev–Trinajstić information content (AvgIpc) is 3.36. The third kappa shape index (κ3) is 4.30. The second kappa shape index (κ2) is 8.78. The first-order valence-corrected chi connectivity index (χ1v) is 12.5. The summed E-state index contributed by atoms with van der Waals surface area (Å²) in [4.78, 5) is 15.5. The van der Waals surface area contributed by atoms with E-state index >= 15 is 0 Å². The number of nitrogens with zero attached hydrogens (tertiary/aromatic N) is 3. The van der Waals surface area contributed by atoms with Crippen molar-refractivity contribution < 1.29 is 13.2 Å². The maximum atomic E-state index is 13.4. The van der Waals surface area contributed by atoms with Gasteiger partial charge in [0.1, 0.15) is 6.04 Å². The smallest absolute Gasteiger partial charge is 0.265 e. The predicted octanol–water partition coefficient (Wildman–Crippen LogP) is 4.80. The highest BCUT2D eigenvalue weighted by Gasteiger charge is 2.41. The Balaban J connectivity index is 1.63. The summed E-state index contributed by atoms with van der Waals surface area (Å²) in [7, 11) is -3.81. The highest BCUT2D eigenvalue weighted by Crippen LogP contribution is 2.34. The number of carbonyl (C=O) groups is 1. The van der Waals surface area contributed by atoms with Crippen molar-refractivity contribution in [1.29, 1.82) is 0 Å². The second-order valence-electron chi connectivity index (χ2n) is 7.39. The maximum absolute atomic E-state index is 13.4. The molecule has 0 bridgehead atoms. The highest BCUT2D eigenvalue weighted by molar-refractivity contribution is 7.99. The molecule has 0 radical (unpaired) electrons. The van der Waals surface area contributed by atoms with Gasteiger partial charge in [0.15, 0.2) is 0 Å². The van der Waals surface area contributed by atoms with Gasteiger partial charge in [-0.15, -0.1) is 0 Å². The number of hydrogen-bond donors (Lipinski definition) is 0. The molecular weight excluding hydrogens is 454 g/mol. The van der Waals surface area contributed by atoms with Gasteiger partial charge >= 0.3 is 0 Å². The number of aromatic nitrogens is 2. The Labute approximate surface area is 191 Å². The number of benzene rings is 2. The van der Waals surface area contributed by atoms with Crippen molar-refractivity contribution >= 4 is 39.3 Å². The Kier molecular flexibility index (Phi) is 6.25. The summed E-state index contributed by atoms with van der Waals surface area (Å²) in [6, 6.07) is 15.1. The molecule has 1 aliphatic rings. The van der Waals surface area contributed by atoms with Crippen LogP contribution in [0.1, 0.15) is 29.0 Å². The number of carbonyl (C=O) groups excluding carboxylic acids is 1. The fourth-order valence-electron chi connectivity index (χ4n) is 3.75. The van der Waals surface area contributed by atoms with Crippen LogP contribution < -0.4 is 0 Å². The number of rotatable bonds is 5. The van der Waals surface area contributed by atoms with Gasteiger partial charge in [0, 0.05) is 16.5 Å². The van der Waals surface area contributed by atoms with Crippen molar-refractivity contribution in [2.24, 2.45) is 0 Å². The third-order valence-corrected chi connectivity index (χ3v) is 8.78.